The van der Waals surface area contributed by atoms with Crippen molar-refractivity contribution < 1.29 is 13.2 Å². The molecule has 0 amide bonds. The van der Waals surface area contributed by atoms with Crippen LogP contribution in [0.4, 0.5) is 0 Å². The van der Waals surface area contributed by atoms with Crippen LogP contribution in [0.2, 0.25) is 0 Å². The van der Waals surface area contributed by atoms with Gasteiger partial charge in [-0.05, 0) is 12.0 Å². The fourth-order valence-corrected chi connectivity index (χ4v) is 3.37. The smallest absolute Gasteiger partial charge is 0.214 e. The molecule has 0 aliphatic heterocycles. The molecule has 4 nitrogen and oxygen atoms in total. The van der Waals surface area contributed by atoms with Gasteiger partial charge in [-0.1, -0.05) is 25.1 Å². The maximum atomic E-state index is 12.1. The number of methoxy groups -OCH3 is 1. The molecule has 0 aliphatic rings. The molecule has 0 saturated carbocycles. The molecule has 0 radical (unpaired) electrons. The lowest BCUT2D eigenvalue weighted by molar-refractivity contribution is 0.397. The highest BCUT2D eigenvalue weighted by Crippen LogP contribution is 2.20. The van der Waals surface area contributed by atoms with E-state index in [9.17, 15) is 8.42 Å². The van der Waals surface area contributed by atoms with Crippen LogP contribution >= 0.6 is 11.6 Å². The van der Waals surface area contributed by atoms with Crippen molar-refractivity contribution >= 4 is 21.6 Å². The van der Waals surface area contributed by atoms with Gasteiger partial charge in [0.2, 0.25) is 10.0 Å². The number of rotatable bonds is 7. The summed E-state index contributed by atoms with van der Waals surface area (Å²) < 4.78 is 30.8. The van der Waals surface area contributed by atoms with E-state index in [1.807, 2.05) is 31.2 Å². The molecule has 19 heavy (non-hydrogen) atoms. The lowest BCUT2D eigenvalue weighted by atomic mass is 10.2. The number of halogens is 1. The normalized spacial score (nSPS) is 13.5. The summed E-state index contributed by atoms with van der Waals surface area (Å²) in [5, 5.41) is 0. The van der Waals surface area contributed by atoms with Crippen molar-refractivity contribution in [3.63, 3.8) is 0 Å². The minimum atomic E-state index is -3.30. The number of benzene rings is 1. The molecule has 1 rings (SSSR count). The molecule has 1 atom stereocenters. The molecular formula is C13H20ClNO3S. The average Bonchev–Trinajstić information content (AvgIpc) is 2.38. The van der Waals surface area contributed by atoms with Gasteiger partial charge in [0.05, 0.1) is 12.9 Å². The summed E-state index contributed by atoms with van der Waals surface area (Å²) in [7, 11) is -0.157. The number of nitrogens with zero attached hydrogens (tertiary/aromatic N) is 1. The Morgan fingerprint density at radius 3 is 2.58 bits per heavy atom. The van der Waals surface area contributed by atoms with Crippen molar-refractivity contribution in [3.05, 3.63) is 29.8 Å². The molecule has 0 N–H and O–H groups in total. The van der Waals surface area contributed by atoms with Gasteiger partial charge >= 0.3 is 0 Å². The maximum Gasteiger partial charge on any atom is 0.214 e. The maximum absolute atomic E-state index is 12.1. The minimum absolute atomic E-state index is 0.0577. The first-order chi connectivity index (χ1) is 8.90. The number of hydrogen-bond donors (Lipinski definition) is 0. The fourth-order valence-electron chi connectivity index (χ4n) is 1.70. The summed E-state index contributed by atoms with van der Waals surface area (Å²) in [6.45, 7) is 2.11. The Morgan fingerprint density at radius 2 is 2.00 bits per heavy atom. The van der Waals surface area contributed by atoms with Gasteiger partial charge in [0.25, 0.3) is 0 Å². The highest BCUT2D eigenvalue weighted by atomic mass is 35.5. The summed E-state index contributed by atoms with van der Waals surface area (Å²) in [6, 6.07) is 7.39. The molecule has 6 heteroatoms. The standard InChI is InChI=1S/C13H20ClNO3S/c1-11(8-14)10-19(16,17)15(2)9-12-6-4-5-7-13(12)18-3/h4-7,11H,8-10H2,1-3H3. The second kappa shape index (κ2) is 7.12. The van der Waals surface area contributed by atoms with E-state index < -0.39 is 10.0 Å². The van der Waals surface area contributed by atoms with Crippen LogP contribution < -0.4 is 4.74 Å². The quantitative estimate of drug-likeness (QED) is 0.726. The summed E-state index contributed by atoms with van der Waals surface area (Å²) >= 11 is 5.67. The van der Waals surface area contributed by atoms with Crippen LogP contribution in [0.3, 0.4) is 0 Å². The van der Waals surface area contributed by atoms with Crippen molar-refractivity contribution in [1.29, 1.82) is 0 Å². The van der Waals surface area contributed by atoms with Crippen LogP contribution in [0, 0.1) is 5.92 Å². The lowest BCUT2D eigenvalue weighted by Crippen LogP contribution is -2.31. The number of hydrogen-bond acceptors (Lipinski definition) is 3. The Labute approximate surface area is 120 Å². The van der Waals surface area contributed by atoms with Crippen LogP contribution in [-0.2, 0) is 16.6 Å². The van der Waals surface area contributed by atoms with Crippen LogP contribution in [0.5, 0.6) is 5.75 Å². The van der Waals surface area contributed by atoms with Crippen molar-refractivity contribution in [2.75, 3.05) is 25.8 Å². The zero-order chi connectivity index (χ0) is 14.5. The monoisotopic (exact) mass is 305 g/mol. The van der Waals surface area contributed by atoms with Crippen molar-refractivity contribution in [2.24, 2.45) is 5.92 Å². The average molecular weight is 306 g/mol. The molecule has 1 aromatic carbocycles. The number of ether oxygens (including phenoxy) is 1. The van der Waals surface area contributed by atoms with Gasteiger partial charge in [0.15, 0.2) is 0 Å². The molecular weight excluding hydrogens is 286 g/mol. The predicted molar refractivity (Wildman–Crippen MR) is 78.1 cm³/mol. The van der Waals surface area contributed by atoms with Gasteiger partial charge in [0, 0.05) is 25.0 Å². The first-order valence-corrected chi connectivity index (χ1v) is 8.17. The van der Waals surface area contributed by atoms with E-state index in [-0.39, 0.29) is 11.7 Å². The van der Waals surface area contributed by atoms with Gasteiger partial charge in [0.1, 0.15) is 5.75 Å². The second-order valence-electron chi connectivity index (χ2n) is 4.61. The summed E-state index contributed by atoms with van der Waals surface area (Å²) in [4.78, 5) is 0. The van der Waals surface area contributed by atoms with Gasteiger partial charge in [-0.3, -0.25) is 0 Å². The molecule has 1 unspecified atom stereocenters. The molecule has 0 bridgehead atoms. The number of sulfonamides is 1. The lowest BCUT2D eigenvalue weighted by Gasteiger charge is -2.20. The van der Waals surface area contributed by atoms with E-state index in [0.717, 1.165) is 5.56 Å². The third kappa shape index (κ3) is 4.67. The third-order valence-corrected chi connectivity index (χ3v) is 5.41. The molecule has 1 aromatic rings. The zero-order valence-electron chi connectivity index (χ0n) is 11.5. The summed E-state index contributed by atoms with van der Waals surface area (Å²) in [6.07, 6.45) is 0. The first kappa shape index (κ1) is 16.3. The van der Waals surface area contributed by atoms with E-state index in [1.165, 1.54) is 4.31 Å². The molecule has 0 aliphatic carbocycles. The minimum Gasteiger partial charge on any atom is -0.496 e. The second-order valence-corrected chi connectivity index (χ2v) is 7.04. The first-order valence-electron chi connectivity index (χ1n) is 6.02. The fraction of sp³-hybridized carbons (Fsp3) is 0.538. The Morgan fingerprint density at radius 1 is 1.37 bits per heavy atom. The van der Waals surface area contributed by atoms with E-state index >= 15 is 0 Å². The molecule has 0 heterocycles. The highest BCUT2D eigenvalue weighted by molar-refractivity contribution is 7.89. The zero-order valence-corrected chi connectivity index (χ0v) is 13.0. The Bertz CT molecular complexity index is 504. The highest BCUT2D eigenvalue weighted by Gasteiger charge is 2.21. The van der Waals surface area contributed by atoms with Gasteiger partial charge in [-0.2, -0.15) is 0 Å². The third-order valence-electron chi connectivity index (χ3n) is 2.82. The van der Waals surface area contributed by atoms with Crippen LogP contribution in [0.1, 0.15) is 12.5 Å². The Balaban J connectivity index is 2.81. The predicted octanol–water partition coefficient (Wildman–Crippen LogP) is 2.33. The number of alkyl halides is 1. The van der Waals surface area contributed by atoms with Crippen LogP contribution in [-0.4, -0.2) is 38.5 Å². The van der Waals surface area contributed by atoms with Crippen LogP contribution in [0.15, 0.2) is 24.3 Å². The SMILES string of the molecule is COc1ccccc1CN(C)S(=O)(=O)CC(C)CCl. The van der Waals surface area contributed by atoms with E-state index in [1.54, 1.807) is 14.2 Å². The van der Waals surface area contributed by atoms with Crippen molar-refractivity contribution in [3.8, 4) is 5.75 Å². The topological polar surface area (TPSA) is 46.6 Å². The number of para-hydroxylation sites is 1. The molecule has 0 fully saturated rings. The molecule has 108 valence electrons. The van der Waals surface area contributed by atoms with Gasteiger partial charge < -0.3 is 4.74 Å². The van der Waals surface area contributed by atoms with Gasteiger partial charge in [-0.15, -0.1) is 11.6 Å². The van der Waals surface area contributed by atoms with E-state index in [2.05, 4.69) is 0 Å². The van der Waals surface area contributed by atoms with Gasteiger partial charge in [-0.25, -0.2) is 12.7 Å². The Hall–Kier alpha value is -0.780. The summed E-state index contributed by atoms with van der Waals surface area (Å²) in [5.41, 5.74) is 0.842. The molecule has 0 spiro atoms. The van der Waals surface area contributed by atoms with E-state index in [0.29, 0.717) is 18.2 Å². The Kier molecular flexibility index (Phi) is 6.10. The van der Waals surface area contributed by atoms with Crippen molar-refractivity contribution in [1.82, 2.24) is 4.31 Å². The molecule has 0 aromatic heterocycles. The largest absolute Gasteiger partial charge is 0.496 e. The molecule has 0 saturated heterocycles. The van der Waals surface area contributed by atoms with Crippen molar-refractivity contribution in [2.45, 2.75) is 13.5 Å². The summed E-state index contributed by atoms with van der Waals surface area (Å²) in [5.74, 6) is 1.02. The van der Waals surface area contributed by atoms with Crippen LogP contribution in [0.25, 0.3) is 0 Å². The van der Waals surface area contributed by atoms with E-state index in [4.69, 9.17) is 16.3 Å².